The van der Waals surface area contributed by atoms with Gasteiger partial charge in [-0.25, -0.2) is 4.98 Å². The number of hydrogen-bond acceptors (Lipinski definition) is 4. The second-order valence-corrected chi connectivity index (χ2v) is 7.17. The van der Waals surface area contributed by atoms with E-state index in [2.05, 4.69) is 38.2 Å². The molecule has 0 aliphatic rings. The highest BCUT2D eigenvalue weighted by Gasteiger charge is 2.15. The second-order valence-electron chi connectivity index (χ2n) is 4.70. The Morgan fingerprint density at radius 1 is 1.29 bits per heavy atom. The van der Waals surface area contributed by atoms with Gasteiger partial charge in [-0.3, -0.25) is 10.1 Å². The molecule has 2 rings (SSSR count). The van der Waals surface area contributed by atoms with Crippen LogP contribution in [0.5, 0.6) is 5.75 Å². The number of aryl methyl sites for hydroxylation is 1. The maximum Gasteiger partial charge on any atom is 0.257 e. The highest BCUT2D eigenvalue weighted by Crippen LogP contribution is 2.33. The molecule has 9 heteroatoms. The summed E-state index contributed by atoms with van der Waals surface area (Å²) in [5.74, 6) is 0.447. The number of nitrogens with one attached hydrogen (secondary N) is 2. The van der Waals surface area contributed by atoms with Crippen molar-refractivity contribution in [3.63, 3.8) is 0 Å². The number of methoxy groups -OCH3 is 1. The predicted molar refractivity (Wildman–Crippen MR) is 108 cm³/mol. The number of carbonyl (C=O) groups is 1. The molecule has 5 nitrogen and oxygen atoms in total. The first kappa shape index (κ1) is 19.2. The van der Waals surface area contributed by atoms with Gasteiger partial charge in [0.15, 0.2) is 10.9 Å². The number of pyridine rings is 1. The van der Waals surface area contributed by atoms with Crippen LogP contribution in [0.2, 0.25) is 10.0 Å². The lowest BCUT2D eigenvalue weighted by atomic mass is 10.2. The van der Waals surface area contributed by atoms with Crippen molar-refractivity contribution < 1.29 is 9.53 Å². The normalized spacial score (nSPS) is 10.2. The third-order valence-electron chi connectivity index (χ3n) is 2.97. The number of anilines is 1. The topological polar surface area (TPSA) is 63.2 Å². The third kappa shape index (κ3) is 4.69. The zero-order valence-corrected chi connectivity index (χ0v) is 17.1. The van der Waals surface area contributed by atoms with Crippen molar-refractivity contribution >= 4 is 74.8 Å². The standard InChI is InChI=1S/C15H12Cl2IN3O2S/c1-7-3-9(18)6-19-13(7)20-15(24)21-14(22)8-4-10(16)12(23-2)11(17)5-8/h3-6H,1-2H3,(H2,19,20,21,22,24). The number of benzene rings is 1. The summed E-state index contributed by atoms with van der Waals surface area (Å²) >= 11 is 19.4. The predicted octanol–water partition coefficient (Wildman–Crippen LogP) is 4.44. The summed E-state index contributed by atoms with van der Waals surface area (Å²) in [7, 11) is 1.45. The molecule has 0 unspecified atom stereocenters. The first-order chi connectivity index (χ1) is 11.3. The lowest BCUT2D eigenvalue weighted by Crippen LogP contribution is -2.34. The van der Waals surface area contributed by atoms with E-state index in [1.165, 1.54) is 19.2 Å². The fourth-order valence-corrected chi connectivity index (χ4v) is 3.31. The number of amides is 1. The molecule has 0 spiro atoms. The van der Waals surface area contributed by atoms with Crippen LogP contribution >= 0.6 is 58.0 Å². The van der Waals surface area contributed by atoms with Crippen LogP contribution in [0.3, 0.4) is 0 Å². The fraction of sp³-hybridized carbons (Fsp3) is 0.133. The van der Waals surface area contributed by atoms with E-state index >= 15 is 0 Å². The average molecular weight is 496 g/mol. The van der Waals surface area contributed by atoms with Gasteiger partial charge < -0.3 is 10.1 Å². The summed E-state index contributed by atoms with van der Waals surface area (Å²) in [4.78, 5) is 16.5. The number of thiocarbonyl (C=S) groups is 1. The lowest BCUT2D eigenvalue weighted by Gasteiger charge is -2.12. The van der Waals surface area contributed by atoms with Gasteiger partial charge in [-0.05, 0) is 65.5 Å². The fourth-order valence-electron chi connectivity index (χ4n) is 1.87. The largest absolute Gasteiger partial charge is 0.494 e. The van der Waals surface area contributed by atoms with Crippen molar-refractivity contribution in [2.24, 2.45) is 0 Å². The van der Waals surface area contributed by atoms with E-state index in [1.54, 1.807) is 6.20 Å². The third-order valence-corrected chi connectivity index (χ3v) is 4.32. The molecule has 24 heavy (non-hydrogen) atoms. The van der Waals surface area contributed by atoms with Crippen molar-refractivity contribution in [3.8, 4) is 5.75 Å². The van der Waals surface area contributed by atoms with E-state index in [9.17, 15) is 4.79 Å². The Bertz CT molecular complexity index is 794. The van der Waals surface area contributed by atoms with Gasteiger partial charge >= 0.3 is 0 Å². The van der Waals surface area contributed by atoms with Gasteiger partial charge in [-0.1, -0.05) is 23.2 Å². The van der Waals surface area contributed by atoms with Crippen LogP contribution in [0.4, 0.5) is 5.82 Å². The summed E-state index contributed by atoms with van der Waals surface area (Å²) in [6.45, 7) is 1.89. The first-order valence-corrected chi connectivity index (χ1v) is 8.83. The molecular weight excluding hydrogens is 484 g/mol. The molecule has 0 saturated carbocycles. The molecule has 1 aromatic carbocycles. The van der Waals surface area contributed by atoms with Crippen LogP contribution in [-0.2, 0) is 0 Å². The quantitative estimate of drug-likeness (QED) is 0.487. The molecule has 2 N–H and O–H groups in total. The lowest BCUT2D eigenvalue weighted by molar-refractivity contribution is 0.0977. The van der Waals surface area contributed by atoms with Crippen LogP contribution in [0.25, 0.3) is 0 Å². The van der Waals surface area contributed by atoms with Gasteiger partial charge in [0.2, 0.25) is 0 Å². The minimum absolute atomic E-state index is 0.125. The van der Waals surface area contributed by atoms with E-state index in [1.807, 2.05) is 13.0 Å². The van der Waals surface area contributed by atoms with E-state index in [0.29, 0.717) is 11.6 Å². The summed E-state index contributed by atoms with van der Waals surface area (Å²) in [5.41, 5.74) is 1.18. The van der Waals surface area contributed by atoms with Gasteiger partial charge in [0.05, 0.1) is 17.2 Å². The highest BCUT2D eigenvalue weighted by molar-refractivity contribution is 14.1. The Labute approximate surface area is 168 Å². The van der Waals surface area contributed by atoms with Crippen LogP contribution < -0.4 is 15.4 Å². The number of nitrogens with zero attached hydrogens (tertiary/aromatic N) is 1. The van der Waals surface area contributed by atoms with Gasteiger partial charge in [0.25, 0.3) is 5.91 Å². The van der Waals surface area contributed by atoms with Crippen LogP contribution in [-0.4, -0.2) is 23.1 Å². The van der Waals surface area contributed by atoms with Gasteiger partial charge in [-0.15, -0.1) is 0 Å². The number of ether oxygens (including phenoxy) is 1. The number of aromatic nitrogens is 1. The van der Waals surface area contributed by atoms with E-state index in [-0.39, 0.29) is 20.7 Å². The van der Waals surface area contributed by atoms with E-state index in [0.717, 1.165) is 9.13 Å². The number of rotatable bonds is 3. The molecule has 1 amide bonds. The molecule has 0 atom stereocenters. The summed E-state index contributed by atoms with van der Waals surface area (Å²) in [6.07, 6.45) is 1.70. The van der Waals surface area contributed by atoms with Gasteiger partial charge in [0, 0.05) is 15.3 Å². The Morgan fingerprint density at radius 2 is 1.92 bits per heavy atom. The number of halogens is 3. The Balaban J connectivity index is 2.10. The molecule has 0 radical (unpaired) electrons. The Morgan fingerprint density at radius 3 is 2.46 bits per heavy atom. The molecular formula is C15H12Cl2IN3O2S. The van der Waals surface area contributed by atoms with Crippen molar-refractivity contribution in [1.29, 1.82) is 0 Å². The Kier molecular flexibility index (Phi) is 6.62. The molecule has 0 fully saturated rings. The smallest absolute Gasteiger partial charge is 0.257 e. The van der Waals surface area contributed by atoms with Gasteiger partial charge in [-0.2, -0.15) is 0 Å². The maximum absolute atomic E-state index is 12.3. The van der Waals surface area contributed by atoms with Crippen molar-refractivity contribution in [2.75, 3.05) is 12.4 Å². The van der Waals surface area contributed by atoms with Crippen molar-refractivity contribution in [2.45, 2.75) is 6.92 Å². The van der Waals surface area contributed by atoms with Crippen LogP contribution in [0, 0.1) is 10.5 Å². The maximum atomic E-state index is 12.3. The van der Waals surface area contributed by atoms with Crippen molar-refractivity contribution in [3.05, 3.63) is 49.1 Å². The molecule has 1 aromatic heterocycles. The molecule has 0 bridgehead atoms. The number of carbonyl (C=O) groups excluding carboxylic acids is 1. The van der Waals surface area contributed by atoms with E-state index in [4.69, 9.17) is 40.2 Å². The zero-order chi connectivity index (χ0) is 17.9. The van der Waals surface area contributed by atoms with Crippen LogP contribution in [0.15, 0.2) is 24.4 Å². The molecule has 126 valence electrons. The highest BCUT2D eigenvalue weighted by atomic mass is 127. The minimum Gasteiger partial charge on any atom is -0.494 e. The average Bonchev–Trinajstić information content (AvgIpc) is 2.49. The SMILES string of the molecule is COc1c(Cl)cc(C(=O)NC(=S)Nc2ncc(I)cc2C)cc1Cl. The van der Waals surface area contributed by atoms with Crippen LogP contribution in [0.1, 0.15) is 15.9 Å². The van der Waals surface area contributed by atoms with Gasteiger partial charge in [0.1, 0.15) is 5.82 Å². The molecule has 0 aliphatic carbocycles. The summed E-state index contributed by atoms with van der Waals surface area (Å²) in [5, 5.41) is 6.05. The Hall–Kier alpha value is -1.16. The minimum atomic E-state index is -0.442. The summed E-state index contributed by atoms with van der Waals surface area (Å²) < 4.78 is 6.06. The molecule has 1 heterocycles. The van der Waals surface area contributed by atoms with Crippen molar-refractivity contribution in [1.82, 2.24) is 10.3 Å². The summed E-state index contributed by atoms with van der Waals surface area (Å²) in [6, 6.07) is 4.86. The second kappa shape index (κ2) is 8.28. The van der Waals surface area contributed by atoms with E-state index < -0.39 is 5.91 Å². The molecule has 0 aliphatic heterocycles. The number of hydrogen-bond donors (Lipinski definition) is 2. The molecule has 2 aromatic rings. The zero-order valence-electron chi connectivity index (χ0n) is 12.6. The first-order valence-electron chi connectivity index (χ1n) is 6.59. The molecule has 0 saturated heterocycles. The monoisotopic (exact) mass is 495 g/mol.